The molecule has 19 heavy (non-hydrogen) atoms. The van der Waals surface area contributed by atoms with Gasteiger partial charge in [-0.3, -0.25) is 9.59 Å². The Kier molecular flexibility index (Phi) is 3.60. The fourth-order valence-corrected chi connectivity index (χ4v) is 2.42. The molecule has 2 rings (SSSR count). The van der Waals surface area contributed by atoms with Crippen LogP contribution >= 0.6 is 0 Å². The molecular formula is C15H18O4. The third-order valence-corrected chi connectivity index (χ3v) is 3.27. The number of carbonyl (C=O) groups excluding carboxylic acids is 2. The highest BCUT2D eigenvalue weighted by molar-refractivity contribution is 5.97. The number of esters is 2. The molecule has 0 aliphatic carbocycles. The molecule has 1 heterocycles. The molecule has 1 aromatic carbocycles. The summed E-state index contributed by atoms with van der Waals surface area (Å²) in [6.07, 6.45) is 0.666. The smallest absolute Gasteiger partial charge is 0.324 e. The lowest BCUT2D eigenvalue weighted by molar-refractivity contribution is -0.241. The van der Waals surface area contributed by atoms with Crippen molar-refractivity contribution in [3.05, 3.63) is 35.9 Å². The Bertz CT molecular complexity index is 458. The first-order valence-corrected chi connectivity index (χ1v) is 6.45. The number of cyclic esters (lactones) is 2. The van der Waals surface area contributed by atoms with Gasteiger partial charge in [0.25, 0.3) is 5.79 Å². The van der Waals surface area contributed by atoms with Crippen LogP contribution in [0.4, 0.5) is 0 Å². The van der Waals surface area contributed by atoms with Gasteiger partial charge in [-0.2, -0.15) is 0 Å². The molecule has 0 aromatic heterocycles. The summed E-state index contributed by atoms with van der Waals surface area (Å²) in [6.45, 7) is 5.06. The van der Waals surface area contributed by atoms with Crippen molar-refractivity contribution in [2.24, 2.45) is 5.92 Å². The van der Waals surface area contributed by atoms with Crippen LogP contribution in [-0.4, -0.2) is 17.7 Å². The third kappa shape index (κ3) is 2.78. The molecule has 1 atom stereocenters. The molecular weight excluding hydrogens is 244 g/mol. The van der Waals surface area contributed by atoms with E-state index in [1.54, 1.807) is 13.8 Å². The van der Waals surface area contributed by atoms with Crippen LogP contribution in [0.1, 0.15) is 38.7 Å². The van der Waals surface area contributed by atoms with E-state index in [1.165, 1.54) is 0 Å². The van der Waals surface area contributed by atoms with Gasteiger partial charge in [0.05, 0.1) is 0 Å². The second-order valence-corrected chi connectivity index (χ2v) is 5.15. The third-order valence-electron chi connectivity index (χ3n) is 3.27. The molecule has 4 nitrogen and oxygen atoms in total. The van der Waals surface area contributed by atoms with Crippen LogP contribution in [0.5, 0.6) is 0 Å². The van der Waals surface area contributed by atoms with E-state index in [1.807, 2.05) is 37.3 Å². The molecule has 0 amide bonds. The monoisotopic (exact) mass is 262 g/mol. The van der Waals surface area contributed by atoms with E-state index in [2.05, 4.69) is 0 Å². The number of carbonyl (C=O) groups is 2. The fourth-order valence-electron chi connectivity index (χ4n) is 2.42. The topological polar surface area (TPSA) is 52.6 Å². The van der Waals surface area contributed by atoms with Crippen LogP contribution in [-0.2, 0) is 19.1 Å². The summed E-state index contributed by atoms with van der Waals surface area (Å²) in [5.41, 5.74) is 0.948. The van der Waals surface area contributed by atoms with E-state index in [0.29, 0.717) is 6.42 Å². The summed E-state index contributed by atoms with van der Waals surface area (Å²) in [5, 5.41) is 0. The van der Waals surface area contributed by atoms with Crippen LogP contribution in [0.25, 0.3) is 0 Å². The van der Waals surface area contributed by atoms with Crippen LogP contribution in [0, 0.1) is 5.92 Å². The number of rotatable bonds is 3. The summed E-state index contributed by atoms with van der Waals surface area (Å²) in [7, 11) is 0. The molecule has 0 bridgehead atoms. The Morgan fingerprint density at radius 1 is 1.11 bits per heavy atom. The average Bonchev–Trinajstić information content (AvgIpc) is 2.33. The Labute approximate surface area is 112 Å². The maximum Gasteiger partial charge on any atom is 0.324 e. The number of ether oxygens (including phenoxy) is 2. The van der Waals surface area contributed by atoms with E-state index in [0.717, 1.165) is 5.56 Å². The van der Waals surface area contributed by atoms with Crippen molar-refractivity contribution < 1.29 is 19.1 Å². The number of hydrogen-bond acceptors (Lipinski definition) is 4. The highest BCUT2D eigenvalue weighted by atomic mass is 16.7. The van der Waals surface area contributed by atoms with Gasteiger partial charge in [0.15, 0.2) is 5.92 Å². The number of benzene rings is 1. The Morgan fingerprint density at radius 3 is 2.11 bits per heavy atom. The summed E-state index contributed by atoms with van der Waals surface area (Å²) in [4.78, 5) is 24.1. The summed E-state index contributed by atoms with van der Waals surface area (Å²) in [5.74, 6) is -3.26. The van der Waals surface area contributed by atoms with Gasteiger partial charge in [0.1, 0.15) is 0 Å². The zero-order valence-corrected chi connectivity index (χ0v) is 11.4. The molecule has 0 N–H and O–H groups in total. The summed E-state index contributed by atoms with van der Waals surface area (Å²) >= 11 is 0. The van der Waals surface area contributed by atoms with Crippen molar-refractivity contribution in [3.63, 3.8) is 0 Å². The fraction of sp³-hybridized carbons (Fsp3) is 0.467. The Morgan fingerprint density at radius 2 is 1.63 bits per heavy atom. The van der Waals surface area contributed by atoms with Crippen LogP contribution < -0.4 is 0 Å². The standard InChI is InChI=1S/C15H18O4/c1-4-11(10-8-6-5-7-9-10)12-13(16)18-15(2,3)19-14(12)17/h5-9,11-12H,4H2,1-3H3/t11-/m0/s1. The van der Waals surface area contributed by atoms with Gasteiger partial charge in [-0.15, -0.1) is 0 Å². The molecule has 1 aromatic rings. The Balaban J connectivity index is 2.29. The molecule has 4 heteroatoms. The lowest BCUT2D eigenvalue weighted by Gasteiger charge is -2.35. The first-order chi connectivity index (χ1) is 8.94. The second kappa shape index (κ2) is 5.03. The van der Waals surface area contributed by atoms with E-state index in [9.17, 15) is 9.59 Å². The second-order valence-electron chi connectivity index (χ2n) is 5.15. The summed E-state index contributed by atoms with van der Waals surface area (Å²) in [6, 6.07) is 9.50. The molecule has 1 fully saturated rings. The minimum Gasteiger partial charge on any atom is -0.422 e. The molecule has 1 saturated heterocycles. The van der Waals surface area contributed by atoms with E-state index in [-0.39, 0.29) is 5.92 Å². The van der Waals surface area contributed by atoms with Crippen LogP contribution in [0.15, 0.2) is 30.3 Å². The average molecular weight is 262 g/mol. The van der Waals surface area contributed by atoms with Crippen molar-refractivity contribution in [1.29, 1.82) is 0 Å². The quantitative estimate of drug-likeness (QED) is 0.620. The molecule has 1 aliphatic heterocycles. The molecule has 0 radical (unpaired) electrons. The van der Waals surface area contributed by atoms with Gasteiger partial charge < -0.3 is 9.47 Å². The van der Waals surface area contributed by atoms with Crippen LogP contribution in [0.3, 0.4) is 0 Å². The van der Waals surface area contributed by atoms with Gasteiger partial charge in [-0.25, -0.2) is 0 Å². The van der Waals surface area contributed by atoms with Crippen molar-refractivity contribution in [2.75, 3.05) is 0 Å². The molecule has 0 saturated carbocycles. The summed E-state index contributed by atoms with van der Waals surface area (Å²) < 4.78 is 10.4. The predicted octanol–water partition coefficient (Wildman–Crippen LogP) is 2.63. The minimum absolute atomic E-state index is 0.211. The van der Waals surface area contributed by atoms with Gasteiger partial charge >= 0.3 is 11.9 Å². The van der Waals surface area contributed by atoms with Gasteiger partial charge in [0, 0.05) is 19.8 Å². The van der Waals surface area contributed by atoms with Gasteiger partial charge in [-0.05, 0) is 12.0 Å². The zero-order valence-electron chi connectivity index (χ0n) is 11.4. The first kappa shape index (κ1) is 13.6. The number of hydrogen-bond donors (Lipinski definition) is 0. The normalized spacial score (nSPS) is 20.6. The van der Waals surface area contributed by atoms with Crippen LogP contribution in [0.2, 0.25) is 0 Å². The molecule has 0 spiro atoms. The minimum atomic E-state index is -1.17. The maximum atomic E-state index is 12.1. The highest BCUT2D eigenvalue weighted by Gasteiger charge is 2.46. The largest absolute Gasteiger partial charge is 0.422 e. The Hall–Kier alpha value is -1.84. The van der Waals surface area contributed by atoms with E-state index in [4.69, 9.17) is 9.47 Å². The molecule has 1 aliphatic rings. The van der Waals surface area contributed by atoms with E-state index >= 15 is 0 Å². The van der Waals surface area contributed by atoms with E-state index < -0.39 is 23.6 Å². The van der Waals surface area contributed by atoms with Gasteiger partial charge in [-0.1, -0.05) is 37.3 Å². The van der Waals surface area contributed by atoms with Crippen molar-refractivity contribution in [2.45, 2.75) is 38.9 Å². The predicted molar refractivity (Wildman–Crippen MR) is 69.2 cm³/mol. The highest BCUT2D eigenvalue weighted by Crippen LogP contribution is 2.35. The SMILES string of the molecule is CC[C@@H](c1ccccc1)C1C(=O)OC(C)(C)OC1=O. The molecule has 0 unspecified atom stereocenters. The van der Waals surface area contributed by atoms with Crippen molar-refractivity contribution >= 4 is 11.9 Å². The maximum absolute atomic E-state index is 12.1. The first-order valence-electron chi connectivity index (χ1n) is 6.45. The van der Waals surface area contributed by atoms with Crippen molar-refractivity contribution in [3.8, 4) is 0 Å². The van der Waals surface area contributed by atoms with Gasteiger partial charge in [0.2, 0.25) is 0 Å². The zero-order chi connectivity index (χ0) is 14.0. The lowest BCUT2D eigenvalue weighted by atomic mass is 9.83. The lowest BCUT2D eigenvalue weighted by Crippen LogP contribution is -2.48. The molecule has 102 valence electrons. The van der Waals surface area contributed by atoms with Crippen molar-refractivity contribution in [1.82, 2.24) is 0 Å².